The second kappa shape index (κ2) is 42.8. The van der Waals surface area contributed by atoms with Crippen LogP contribution in [0.3, 0.4) is 0 Å². The van der Waals surface area contributed by atoms with E-state index in [9.17, 15) is 0 Å². The van der Waals surface area contributed by atoms with Gasteiger partial charge in [0.2, 0.25) is 0 Å². The maximum absolute atomic E-state index is 5.29. The molecule has 0 spiro atoms. The van der Waals surface area contributed by atoms with Crippen LogP contribution < -0.4 is 11.1 Å². The topological polar surface area (TPSA) is 50.4 Å². The molecule has 0 bridgehead atoms. The van der Waals surface area contributed by atoms with Crippen LogP contribution in [0.4, 0.5) is 0 Å². The van der Waals surface area contributed by atoms with Gasteiger partial charge in [0.05, 0.1) is 6.17 Å². The van der Waals surface area contributed by atoms with Gasteiger partial charge in [0.15, 0.2) is 0 Å². The quantitative estimate of drug-likeness (QED) is 0.588. The zero-order valence-corrected chi connectivity index (χ0v) is 17.8. The molecule has 0 aliphatic carbocycles. The lowest BCUT2D eigenvalue weighted by Gasteiger charge is -2.08. The van der Waals surface area contributed by atoms with E-state index >= 15 is 0 Å². The third-order valence-corrected chi connectivity index (χ3v) is 2.30. The minimum atomic E-state index is 0.333. The van der Waals surface area contributed by atoms with Gasteiger partial charge in [0, 0.05) is 6.04 Å². The largest absolute Gasteiger partial charge is 0.328 e. The van der Waals surface area contributed by atoms with Crippen LogP contribution in [0.25, 0.3) is 0 Å². The summed E-state index contributed by atoms with van der Waals surface area (Å²) >= 11 is 0. The molecule has 140 valence electrons. The van der Waals surface area contributed by atoms with E-state index in [1.165, 1.54) is 12.8 Å². The summed E-state index contributed by atoms with van der Waals surface area (Å²) < 4.78 is 0. The van der Waals surface area contributed by atoms with Gasteiger partial charge in [-0.1, -0.05) is 75.2 Å². The fraction of sp³-hybridized carbons (Fsp3) is 0.947. The van der Waals surface area contributed by atoms with E-state index in [0.717, 1.165) is 19.4 Å². The molecule has 0 aliphatic heterocycles. The third-order valence-electron chi connectivity index (χ3n) is 2.30. The van der Waals surface area contributed by atoms with Crippen molar-refractivity contribution in [2.75, 3.05) is 6.54 Å². The molecule has 3 heteroatoms. The molecule has 2 unspecified atom stereocenters. The van der Waals surface area contributed by atoms with Crippen LogP contribution in [0, 0.1) is 0 Å². The molecular weight excluding hydrogens is 270 g/mol. The number of nitrogens with one attached hydrogen (secondary N) is 1. The predicted octanol–water partition coefficient (Wildman–Crippen LogP) is 6.03. The molecule has 0 aliphatic rings. The first-order valence-electron chi connectivity index (χ1n) is 9.50. The van der Waals surface area contributed by atoms with Crippen molar-refractivity contribution in [1.82, 2.24) is 5.32 Å². The summed E-state index contributed by atoms with van der Waals surface area (Å²) in [4.78, 5) is 4.20. The van der Waals surface area contributed by atoms with Crippen molar-refractivity contribution in [3.8, 4) is 0 Å². The van der Waals surface area contributed by atoms with E-state index in [-0.39, 0.29) is 0 Å². The van der Waals surface area contributed by atoms with Gasteiger partial charge in [-0.15, -0.1) is 0 Å². The second-order valence-electron chi connectivity index (χ2n) is 4.27. The first-order chi connectivity index (χ1) is 10.5. The molecule has 0 aromatic heterocycles. The van der Waals surface area contributed by atoms with E-state index in [2.05, 4.69) is 44.9 Å². The van der Waals surface area contributed by atoms with Crippen LogP contribution >= 0.6 is 0 Å². The molecule has 22 heavy (non-hydrogen) atoms. The number of nitrogens with two attached hydrogens (primary N) is 1. The minimum absolute atomic E-state index is 0.333. The first-order valence-corrected chi connectivity index (χ1v) is 9.50. The van der Waals surface area contributed by atoms with Crippen LogP contribution in [0.5, 0.6) is 0 Å². The number of unbranched alkanes of at least 4 members (excludes halogenated alkanes) is 1. The van der Waals surface area contributed by atoms with E-state index in [0.29, 0.717) is 12.2 Å². The highest BCUT2D eigenvalue weighted by Crippen LogP contribution is 1.89. The van der Waals surface area contributed by atoms with Crippen molar-refractivity contribution >= 4 is 6.21 Å². The first kappa shape index (κ1) is 33.3. The average molecular weight is 320 g/mol. The van der Waals surface area contributed by atoms with Crippen LogP contribution in [-0.4, -0.2) is 25.0 Å². The Morgan fingerprint density at radius 1 is 0.909 bits per heavy atom. The number of rotatable bonds is 6. The monoisotopic (exact) mass is 319 g/mol. The van der Waals surface area contributed by atoms with E-state index < -0.39 is 0 Å². The Bertz CT molecular complexity index is 144. The Hall–Kier alpha value is -0.410. The SMILES string of the molecule is C/C=N/C(CC)NCC.CC.CC.CCC(C)N.CCCC. The summed E-state index contributed by atoms with van der Waals surface area (Å²) in [5, 5.41) is 3.24. The van der Waals surface area contributed by atoms with Gasteiger partial charge in [-0.25, -0.2) is 0 Å². The summed E-state index contributed by atoms with van der Waals surface area (Å²) in [6, 6.07) is 0.384. The molecule has 0 aromatic rings. The standard InChI is InChI=1S/C7H16N2.C4H11N.C4H10.2C2H6/c1-4-7(8-5-2)9-6-3;1-3-4(2)5;1-3-4-2;2*1-2/h5,7,9H,4,6H2,1-3H3;4H,3,5H2,1-2H3;3-4H2,1-2H3;2*1-2H3/b8-5+;;;;. The molecule has 2 atom stereocenters. The molecule has 0 amide bonds. The zero-order valence-electron chi connectivity index (χ0n) is 17.8. The Morgan fingerprint density at radius 2 is 1.27 bits per heavy atom. The van der Waals surface area contributed by atoms with Gasteiger partial charge in [-0.2, -0.15) is 0 Å². The number of aliphatic imine (C=N–C) groups is 1. The lowest BCUT2D eigenvalue weighted by Crippen LogP contribution is -2.25. The van der Waals surface area contributed by atoms with Crippen LogP contribution in [-0.2, 0) is 0 Å². The number of hydrogen-bond acceptors (Lipinski definition) is 3. The highest BCUT2D eigenvalue weighted by molar-refractivity contribution is 5.53. The molecule has 0 rings (SSSR count). The molecule has 0 aromatic carbocycles. The fourth-order valence-electron chi connectivity index (χ4n) is 0.718. The summed E-state index contributed by atoms with van der Waals surface area (Å²) in [7, 11) is 0. The Morgan fingerprint density at radius 3 is 1.41 bits per heavy atom. The third kappa shape index (κ3) is 60.4. The average Bonchev–Trinajstić information content (AvgIpc) is 2.59. The molecule has 0 heterocycles. The Balaban J connectivity index is -0.0000000633. The van der Waals surface area contributed by atoms with Gasteiger partial charge in [0.1, 0.15) is 0 Å². The molecular formula is C19H49N3. The zero-order chi connectivity index (χ0) is 18.8. The van der Waals surface area contributed by atoms with Crippen molar-refractivity contribution in [2.24, 2.45) is 10.7 Å². The van der Waals surface area contributed by atoms with Crippen molar-refractivity contribution in [2.45, 2.75) is 114 Å². The lowest BCUT2D eigenvalue weighted by atomic mass is 10.3. The molecule has 3 N–H and O–H groups in total. The van der Waals surface area contributed by atoms with Gasteiger partial charge in [-0.05, 0) is 39.4 Å². The van der Waals surface area contributed by atoms with Crippen molar-refractivity contribution in [3.63, 3.8) is 0 Å². The van der Waals surface area contributed by atoms with Crippen LogP contribution in [0.1, 0.15) is 102 Å². The highest BCUT2D eigenvalue weighted by atomic mass is 15.0. The normalized spacial score (nSPS) is 11.3. The molecule has 0 saturated heterocycles. The molecule has 0 fully saturated rings. The van der Waals surface area contributed by atoms with Crippen LogP contribution in [0.2, 0.25) is 0 Å². The summed E-state index contributed by atoms with van der Waals surface area (Å²) in [6.07, 6.45) is 6.97. The minimum Gasteiger partial charge on any atom is -0.328 e. The Labute approximate surface area is 143 Å². The second-order valence-corrected chi connectivity index (χ2v) is 4.27. The van der Waals surface area contributed by atoms with Gasteiger partial charge < -0.3 is 5.73 Å². The Kier molecular flexibility index (Phi) is 64.7. The lowest BCUT2D eigenvalue weighted by molar-refractivity contribution is 0.535. The summed E-state index contributed by atoms with van der Waals surface area (Å²) in [5.41, 5.74) is 5.29. The maximum Gasteiger partial charge on any atom is 0.0987 e. The summed E-state index contributed by atoms with van der Waals surface area (Å²) in [5.74, 6) is 0. The summed E-state index contributed by atoms with van der Waals surface area (Å²) in [6.45, 7) is 23.6. The van der Waals surface area contributed by atoms with E-state index in [1.807, 2.05) is 47.8 Å². The van der Waals surface area contributed by atoms with E-state index in [4.69, 9.17) is 5.73 Å². The molecule has 0 radical (unpaired) electrons. The highest BCUT2D eigenvalue weighted by Gasteiger charge is 1.95. The number of hydrogen-bond donors (Lipinski definition) is 2. The van der Waals surface area contributed by atoms with Crippen molar-refractivity contribution in [3.05, 3.63) is 0 Å². The number of nitrogens with zero attached hydrogens (tertiary/aromatic N) is 1. The molecule has 0 saturated carbocycles. The van der Waals surface area contributed by atoms with Gasteiger partial charge in [0.25, 0.3) is 0 Å². The molecule has 3 nitrogen and oxygen atoms in total. The van der Waals surface area contributed by atoms with Crippen molar-refractivity contribution < 1.29 is 0 Å². The maximum atomic E-state index is 5.29. The van der Waals surface area contributed by atoms with E-state index in [1.54, 1.807) is 0 Å². The van der Waals surface area contributed by atoms with Gasteiger partial charge in [-0.3, -0.25) is 10.3 Å². The van der Waals surface area contributed by atoms with Gasteiger partial charge >= 0.3 is 0 Å². The predicted molar refractivity (Wildman–Crippen MR) is 109 cm³/mol. The van der Waals surface area contributed by atoms with Crippen LogP contribution in [0.15, 0.2) is 4.99 Å². The van der Waals surface area contributed by atoms with Crippen molar-refractivity contribution in [1.29, 1.82) is 0 Å². The smallest absolute Gasteiger partial charge is 0.0987 e. The fourth-order valence-corrected chi connectivity index (χ4v) is 0.718.